The molecule has 1 unspecified atom stereocenters. The second kappa shape index (κ2) is 12.4. The molecule has 4 N–H and O–H groups in total. The lowest BCUT2D eigenvalue weighted by Crippen LogP contribution is -2.42. The molecule has 1 fully saturated rings. The van der Waals surface area contributed by atoms with Crippen LogP contribution in [0.2, 0.25) is 0 Å². The molecular weight excluding hydrogens is 495 g/mol. The maximum absolute atomic E-state index is 11.6. The summed E-state index contributed by atoms with van der Waals surface area (Å²) in [5.74, 6) is 1.30. The Hall–Kier alpha value is -2.37. The largest absolute Gasteiger partial charge is 0.369 e. The van der Waals surface area contributed by atoms with Gasteiger partial charge in [0.15, 0.2) is 5.96 Å². The van der Waals surface area contributed by atoms with Crippen molar-refractivity contribution in [1.29, 1.82) is 0 Å². The zero-order chi connectivity index (χ0) is 20.5. The highest BCUT2D eigenvalue weighted by Gasteiger charge is 2.25. The number of anilines is 1. The van der Waals surface area contributed by atoms with Crippen LogP contribution in [0.25, 0.3) is 0 Å². The maximum atomic E-state index is 11.6. The number of guanidine groups is 1. The second-order valence-electron chi connectivity index (χ2n) is 7.15. The third-order valence-corrected chi connectivity index (χ3v) is 5.08. The second-order valence-corrected chi connectivity index (χ2v) is 7.15. The van der Waals surface area contributed by atoms with Gasteiger partial charge in [0.1, 0.15) is 5.82 Å². The molecule has 0 bridgehead atoms. The van der Waals surface area contributed by atoms with Crippen molar-refractivity contribution in [3.63, 3.8) is 0 Å². The summed E-state index contributed by atoms with van der Waals surface area (Å²) in [6.45, 7) is 3.76. The quantitative estimate of drug-likeness (QED) is 0.207. The molecule has 1 atom stereocenters. The third-order valence-electron chi connectivity index (χ3n) is 5.08. The molecule has 0 saturated carbocycles. The van der Waals surface area contributed by atoms with Crippen molar-refractivity contribution >= 4 is 41.7 Å². The highest BCUT2D eigenvalue weighted by atomic mass is 127. The smallest absolute Gasteiger partial charge is 0.222 e. The Morgan fingerprint density at radius 2 is 2.20 bits per heavy atom. The minimum absolute atomic E-state index is 0. The van der Waals surface area contributed by atoms with Gasteiger partial charge in [0.25, 0.3) is 0 Å². The van der Waals surface area contributed by atoms with Crippen LogP contribution >= 0.6 is 24.0 Å². The Labute approximate surface area is 194 Å². The summed E-state index contributed by atoms with van der Waals surface area (Å²) in [5.41, 5.74) is 6.59. The zero-order valence-electron chi connectivity index (χ0n) is 17.3. The van der Waals surface area contributed by atoms with Gasteiger partial charge in [-0.1, -0.05) is 6.07 Å². The van der Waals surface area contributed by atoms with E-state index in [0.717, 1.165) is 56.2 Å². The van der Waals surface area contributed by atoms with Crippen molar-refractivity contribution in [2.45, 2.75) is 32.4 Å². The van der Waals surface area contributed by atoms with Gasteiger partial charge in [-0.2, -0.15) is 5.10 Å². The Morgan fingerprint density at radius 1 is 1.33 bits per heavy atom. The number of rotatable bonds is 8. The molecule has 0 spiro atoms. The fourth-order valence-corrected chi connectivity index (χ4v) is 3.53. The number of piperidine rings is 1. The van der Waals surface area contributed by atoms with Crippen LogP contribution in [0, 0.1) is 5.92 Å². The molecule has 10 heteroatoms. The summed E-state index contributed by atoms with van der Waals surface area (Å²) in [5, 5.41) is 10.9. The van der Waals surface area contributed by atoms with Gasteiger partial charge in [0.05, 0.1) is 5.92 Å². The van der Waals surface area contributed by atoms with E-state index >= 15 is 0 Å². The van der Waals surface area contributed by atoms with Crippen LogP contribution in [0.3, 0.4) is 0 Å². The highest BCUT2D eigenvalue weighted by molar-refractivity contribution is 14.0. The Balaban J connectivity index is 0.00000320. The first-order valence-electron chi connectivity index (χ1n) is 10.1. The molecule has 0 aromatic carbocycles. The number of pyridine rings is 1. The monoisotopic (exact) mass is 526 g/mol. The van der Waals surface area contributed by atoms with E-state index in [0.29, 0.717) is 13.1 Å². The molecule has 0 radical (unpaired) electrons. The molecule has 1 saturated heterocycles. The van der Waals surface area contributed by atoms with Crippen LogP contribution in [-0.4, -0.2) is 53.3 Å². The molecule has 1 amide bonds. The van der Waals surface area contributed by atoms with Gasteiger partial charge in [0.2, 0.25) is 5.91 Å². The number of aliphatic imine (C=N–C) groups is 1. The van der Waals surface area contributed by atoms with Crippen molar-refractivity contribution in [2.75, 3.05) is 31.6 Å². The minimum atomic E-state index is -0.231. The van der Waals surface area contributed by atoms with Gasteiger partial charge >= 0.3 is 0 Å². The molecule has 0 aliphatic carbocycles. The van der Waals surface area contributed by atoms with Gasteiger partial charge in [0, 0.05) is 63.9 Å². The number of nitrogens with two attached hydrogens (primary N) is 1. The molecule has 1 aliphatic rings. The summed E-state index contributed by atoms with van der Waals surface area (Å²) < 4.78 is 1.91. The number of amides is 1. The number of hydrogen-bond donors (Lipinski definition) is 3. The number of primary amides is 1. The maximum Gasteiger partial charge on any atom is 0.222 e. The van der Waals surface area contributed by atoms with Crippen LogP contribution in [-0.2, 0) is 17.9 Å². The Kier molecular flexibility index (Phi) is 9.84. The average molecular weight is 526 g/mol. The summed E-state index contributed by atoms with van der Waals surface area (Å²) in [6, 6.07) is 5.90. The molecule has 1 aliphatic heterocycles. The van der Waals surface area contributed by atoms with Gasteiger partial charge in [-0.05, 0) is 31.4 Å². The fourth-order valence-electron chi connectivity index (χ4n) is 3.53. The number of hydrogen-bond acceptors (Lipinski definition) is 5. The molecule has 9 nitrogen and oxygen atoms in total. The van der Waals surface area contributed by atoms with Gasteiger partial charge in [-0.25, -0.2) is 4.98 Å². The van der Waals surface area contributed by atoms with Crippen molar-refractivity contribution in [1.82, 2.24) is 25.4 Å². The van der Waals surface area contributed by atoms with E-state index in [1.807, 2.05) is 29.1 Å². The fraction of sp³-hybridized carbons (Fsp3) is 0.500. The van der Waals surface area contributed by atoms with Crippen molar-refractivity contribution in [2.24, 2.45) is 16.6 Å². The van der Waals surface area contributed by atoms with Crippen LogP contribution in [0.5, 0.6) is 0 Å². The summed E-state index contributed by atoms with van der Waals surface area (Å²) in [7, 11) is 1.76. The summed E-state index contributed by atoms with van der Waals surface area (Å²) in [6.07, 6.45) is 8.27. The molecule has 3 rings (SSSR count). The molecular formula is C20H31IN8O. The summed E-state index contributed by atoms with van der Waals surface area (Å²) in [4.78, 5) is 22.6. The molecule has 30 heavy (non-hydrogen) atoms. The minimum Gasteiger partial charge on any atom is -0.369 e. The number of carbonyl (C=O) groups excluding carboxylic acids is 1. The van der Waals surface area contributed by atoms with E-state index in [9.17, 15) is 4.79 Å². The molecule has 2 aromatic rings. The molecule has 3 heterocycles. The predicted octanol–water partition coefficient (Wildman–Crippen LogP) is 1.35. The first-order chi connectivity index (χ1) is 14.2. The third kappa shape index (κ3) is 6.85. The predicted molar refractivity (Wildman–Crippen MR) is 129 cm³/mol. The van der Waals surface area contributed by atoms with Crippen LogP contribution in [0.4, 0.5) is 5.82 Å². The topological polar surface area (TPSA) is 113 Å². The highest BCUT2D eigenvalue weighted by Crippen LogP contribution is 2.24. The number of halogens is 1. The SMILES string of the molecule is CN=C(NCCCn1cccn1)NCc1cccnc1N1CCCC(C(N)=O)C1.I. The first-order valence-corrected chi connectivity index (χ1v) is 10.1. The van der Waals surface area contributed by atoms with Gasteiger partial charge < -0.3 is 21.3 Å². The van der Waals surface area contributed by atoms with Crippen molar-refractivity contribution < 1.29 is 4.79 Å². The number of nitrogens with one attached hydrogen (secondary N) is 2. The average Bonchev–Trinajstić information content (AvgIpc) is 3.27. The Morgan fingerprint density at radius 3 is 2.93 bits per heavy atom. The van der Waals surface area contributed by atoms with Crippen LogP contribution < -0.4 is 21.3 Å². The lowest BCUT2D eigenvalue weighted by molar-refractivity contribution is -0.122. The normalized spacial score (nSPS) is 16.6. The van der Waals surface area contributed by atoms with E-state index in [1.165, 1.54) is 0 Å². The zero-order valence-corrected chi connectivity index (χ0v) is 19.7. The summed E-state index contributed by atoms with van der Waals surface area (Å²) >= 11 is 0. The van der Waals surface area contributed by atoms with Gasteiger partial charge in [-0.15, -0.1) is 24.0 Å². The standard InChI is InChI=1S/C20H30N8O.HI/c1-22-20(24-9-4-12-28-13-5-10-26-28)25-14-16-6-2-8-23-19(16)27-11-3-7-17(15-27)18(21)29;/h2,5-6,8,10,13,17H,3-4,7,9,11-12,14-15H2,1H3,(H2,21,29)(H2,22,24,25);1H. The van der Waals surface area contributed by atoms with E-state index in [1.54, 1.807) is 19.4 Å². The number of carbonyl (C=O) groups is 1. The van der Waals surface area contributed by atoms with E-state index in [-0.39, 0.29) is 35.8 Å². The van der Waals surface area contributed by atoms with Crippen molar-refractivity contribution in [3.05, 3.63) is 42.4 Å². The Bertz CT molecular complexity index is 811. The number of aryl methyl sites for hydroxylation is 1. The first kappa shape index (κ1) is 23.9. The van der Waals surface area contributed by atoms with E-state index in [4.69, 9.17) is 5.73 Å². The lowest BCUT2D eigenvalue weighted by Gasteiger charge is -2.33. The van der Waals surface area contributed by atoms with E-state index < -0.39 is 0 Å². The molecule has 164 valence electrons. The van der Waals surface area contributed by atoms with Gasteiger partial charge in [-0.3, -0.25) is 14.5 Å². The van der Waals surface area contributed by atoms with Crippen LogP contribution in [0.1, 0.15) is 24.8 Å². The lowest BCUT2D eigenvalue weighted by atomic mass is 9.97. The van der Waals surface area contributed by atoms with E-state index in [2.05, 4.69) is 30.6 Å². The number of nitrogens with zero attached hydrogens (tertiary/aromatic N) is 5. The van der Waals surface area contributed by atoms with Crippen molar-refractivity contribution in [3.8, 4) is 0 Å². The number of aromatic nitrogens is 3. The molecule has 2 aromatic heterocycles. The van der Waals surface area contributed by atoms with Crippen LogP contribution in [0.15, 0.2) is 41.8 Å².